The summed E-state index contributed by atoms with van der Waals surface area (Å²) in [6.07, 6.45) is 0.895. The highest BCUT2D eigenvalue weighted by Gasteiger charge is 2.13. The van der Waals surface area contributed by atoms with Crippen LogP contribution in [0.15, 0.2) is 12.1 Å². The summed E-state index contributed by atoms with van der Waals surface area (Å²) >= 11 is 3.55. The third-order valence-electron chi connectivity index (χ3n) is 2.24. The quantitative estimate of drug-likeness (QED) is 0.783. The number of aryl methyl sites for hydroxylation is 1. The first-order chi connectivity index (χ1) is 7.08. The van der Waals surface area contributed by atoms with E-state index in [1.54, 1.807) is 14.2 Å². The lowest BCUT2D eigenvalue weighted by Gasteiger charge is -2.15. The van der Waals surface area contributed by atoms with Gasteiger partial charge in [-0.2, -0.15) is 0 Å². The predicted octanol–water partition coefficient (Wildman–Crippen LogP) is 3.34. The maximum Gasteiger partial charge on any atom is 0.126 e. The van der Waals surface area contributed by atoms with E-state index >= 15 is 0 Å². The van der Waals surface area contributed by atoms with Gasteiger partial charge >= 0.3 is 0 Å². The minimum atomic E-state index is 0.406. The van der Waals surface area contributed by atoms with Crippen LogP contribution in [0.3, 0.4) is 0 Å². The molecule has 0 amide bonds. The first-order valence-electron chi connectivity index (χ1n) is 4.94. The smallest absolute Gasteiger partial charge is 0.126 e. The number of benzene rings is 1. The van der Waals surface area contributed by atoms with Crippen LogP contribution in [-0.4, -0.2) is 19.0 Å². The van der Waals surface area contributed by atoms with E-state index in [2.05, 4.69) is 22.9 Å². The second-order valence-electron chi connectivity index (χ2n) is 3.63. The van der Waals surface area contributed by atoms with Crippen molar-refractivity contribution in [1.82, 2.24) is 0 Å². The fraction of sp³-hybridized carbons (Fsp3) is 0.500. The molecule has 0 aliphatic rings. The van der Waals surface area contributed by atoms with Crippen LogP contribution in [0.25, 0.3) is 0 Å². The Hall–Kier alpha value is -0.700. The largest absolute Gasteiger partial charge is 0.496 e. The Morgan fingerprint density at radius 2 is 1.67 bits per heavy atom. The average Bonchev–Trinajstić information content (AvgIpc) is 2.19. The first-order valence-corrected chi connectivity index (χ1v) is 5.85. The Bertz CT molecular complexity index is 309. The summed E-state index contributed by atoms with van der Waals surface area (Å²) in [6.45, 7) is 4.14. The summed E-state index contributed by atoms with van der Waals surface area (Å²) in [5.74, 6) is 1.80. The number of halogens is 1. The van der Waals surface area contributed by atoms with E-state index in [0.29, 0.717) is 4.83 Å². The molecule has 0 aliphatic heterocycles. The van der Waals surface area contributed by atoms with E-state index in [-0.39, 0.29) is 0 Å². The molecule has 2 nitrogen and oxygen atoms in total. The van der Waals surface area contributed by atoms with Crippen molar-refractivity contribution in [3.63, 3.8) is 0 Å². The summed E-state index contributed by atoms with van der Waals surface area (Å²) in [5.41, 5.74) is 2.27. The van der Waals surface area contributed by atoms with Crippen LogP contribution in [0.4, 0.5) is 0 Å². The van der Waals surface area contributed by atoms with Gasteiger partial charge in [-0.25, -0.2) is 0 Å². The molecule has 0 saturated heterocycles. The standard InChI is InChI=1S/C12H17BrO2/c1-8-5-11(14-3)10(7-9(2)13)12(6-8)15-4/h5-6,9H,7H2,1-4H3. The molecule has 0 spiro atoms. The molecule has 0 aromatic heterocycles. The number of hydrogen-bond donors (Lipinski definition) is 0. The van der Waals surface area contributed by atoms with Crippen molar-refractivity contribution < 1.29 is 9.47 Å². The molecule has 1 rings (SSSR count). The van der Waals surface area contributed by atoms with Crippen molar-refractivity contribution in [1.29, 1.82) is 0 Å². The van der Waals surface area contributed by atoms with Crippen LogP contribution < -0.4 is 9.47 Å². The Balaban J connectivity index is 3.18. The molecule has 84 valence electrons. The van der Waals surface area contributed by atoms with Gasteiger partial charge in [-0.3, -0.25) is 0 Å². The van der Waals surface area contributed by atoms with Crippen LogP contribution >= 0.6 is 15.9 Å². The van der Waals surface area contributed by atoms with Crippen LogP contribution in [-0.2, 0) is 6.42 Å². The van der Waals surface area contributed by atoms with Crippen molar-refractivity contribution in [3.05, 3.63) is 23.3 Å². The summed E-state index contributed by atoms with van der Waals surface area (Å²) in [7, 11) is 3.38. The van der Waals surface area contributed by atoms with Gasteiger partial charge in [0.05, 0.1) is 14.2 Å². The summed E-state index contributed by atoms with van der Waals surface area (Å²) < 4.78 is 10.7. The number of hydrogen-bond acceptors (Lipinski definition) is 2. The van der Waals surface area contributed by atoms with E-state index in [9.17, 15) is 0 Å². The molecule has 0 heterocycles. The Morgan fingerprint density at radius 3 is 2.00 bits per heavy atom. The molecule has 1 unspecified atom stereocenters. The van der Waals surface area contributed by atoms with Crippen molar-refractivity contribution >= 4 is 15.9 Å². The Labute approximate surface area is 99.7 Å². The number of rotatable bonds is 4. The molecule has 1 aromatic rings. The molecule has 0 aliphatic carbocycles. The highest BCUT2D eigenvalue weighted by atomic mass is 79.9. The number of methoxy groups -OCH3 is 2. The second-order valence-corrected chi connectivity index (χ2v) is 5.20. The van der Waals surface area contributed by atoms with Gasteiger partial charge in [0.1, 0.15) is 11.5 Å². The lowest BCUT2D eigenvalue weighted by Crippen LogP contribution is -2.03. The third kappa shape index (κ3) is 3.13. The highest BCUT2D eigenvalue weighted by Crippen LogP contribution is 2.32. The molecule has 0 bridgehead atoms. The van der Waals surface area contributed by atoms with Crippen LogP contribution in [0.1, 0.15) is 18.1 Å². The van der Waals surface area contributed by atoms with Gasteiger partial charge in [0.25, 0.3) is 0 Å². The lowest BCUT2D eigenvalue weighted by molar-refractivity contribution is 0.384. The Morgan fingerprint density at radius 1 is 1.20 bits per heavy atom. The van der Waals surface area contributed by atoms with E-state index in [0.717, 1.165) is 29.0 Å². The zero-order chi connectivity index (χ0) is 11.4. The maximum atomic E-state index is 5.37. The molecule has 0 radical (unpaired) electrons. The van der Waals surface area contributed by atoms with Gasteiger partial charge in [-0.05, 0) is 31.0 Å². The highest BCUT2D eigenvalue weighted by molar-refractivity contribution is 9.09. The van der Waals surface area contributed by atoms with Gasteiger partial charge < -0.3 is 9.47 Å². The van der Waals surface area contributed by atoms with Gasteiger partial charge in [0.2, 0.25) is 0 Å². The van der Waals surface area contributed by atoms with Crippen LogP contribution in [0, 0.1) is 6.92 Å². The van der Waals surface area contributed by atoms with E-state index in [1.807, 2.05) is 19.1 Å². The van der Waals surface area contributed by atoms with E-state index in [1.165, 1.54) is 0 Å². The average molecular weight is 273 g/mol. The van der Waals surface area contributed by atoms with Gasteiger partial charge in [-0.15, -0.1) is 0 Å². The monoisotopic (exact) mass is 272 g/mol. The van der Waals surface area contributed by atoms with Gasteiger partial charge in [0, 0.05) is 10.4 Å². The molecule has 0 N–H and O–H groups in total. The normalized spacial score (nSPS) is 12.3. The van der Waals surface area contributed by atoms with Crippen LogP contribution in [0.5, 0.6) is 11.5 Å². The Kier molecular flexibility index (Phi) is 4.45. The maximum absolute atomic E-state index is 5.37. The fourth-order valence-electron chi connectivity index (χ4n) is 1.60. The molecule has 0 fully saturated rings. The summed E-state index contributed by atoms with van der Waals surface area (Å²) in [6, 6.07) is 4.07. The summed E-state index contributed by atoms with van der Waals surface area (Å²) in [5, 5.41) is 0. The topological polar surface area (TPSA) is 18.5 Å². The molecule has 15 heavy (non-hydrogen) atoms. The zero-order valence-electron chi connectivity index (χ0n) is 9.63. The van der Waals surface area contributed by atoms with Crippen molar-refractivity contribution in [2.75, 3.05) is 14.2 Å². The van der Waals surface area contributed by atoms with Crippen molar-refractivity contribution in [2.24, 2.45) is 0 Å². The minimum Gasteiger partial charge on any atom is -0.496 e. The number of ether oxygens (including phenoxy) is 2. The second kappa shape index (κ2) is 5.40. The SMILES string of the molecule is COc1cc(C)cc(OC)c1CC(C)Br. The fourth-order valence-corrected chi connectivity index (χ4v) is 1.92. The van der Waals surface area contributed by atoms with Crippen molar-refractivity contribution in [3.8, 4) is 11.5 Å². The zero-order valence-corrected chi connectivity index (χ0v) is 11.2. The van der Waals surface area contributed by atoms with E-state index < -0.39 is 0 Å². The molecule has 1 aromatic carbocycles. The molecular weight excluding hydrogens is 256 g/mol. The first kappa shape index (κ1) is 12.4. The van der Waals surface area contributed by atoms with Crippen molar-refractivity contribution in [2.45, 2.75) is 25.1 Å². The van der Waals surface area contributed by atoms with Crippen LogP contribution in [0.2, 0.25) is 0 Å². The molecule has 1 atom stereocenters. The lowest BCUT2D eigenvalue weighted by atomic mass is 10.1. The number of alkyl halides is 1. The van der Waals surface area contributed by atoms with Gasteiger partial charge in [0.15, 0.2) is 0 Å². The third-order valence-corrected chi connectivity index (χ3v) is 2.56. The molecule has 0 saturated carbocycles. The van der Waals surface area contributed by atoms with E-state index in [4.69, 9.17) is 9.47 Å². The minimum absolute atomic E-state index is 0.406. The molecule has 3 heteroatoms. The predicted molar refractivity (Wildman–Crippen MR) is 66.4 cm³/mol. The molecular formula is C12H17BrO2. The van der Waals surface area contributed by atoms with Gasteiger partial charge in [-0.1, -0.05) is 22.9 Å². The summed E-state index contributed by atoms with van der Waals surface area (Å²) in [4.78, 5) is 0.406.